The average Bonchev–Trinajstić information content (AvgIpc) is 3.12. The van der Waals surface area contributed by atoms with Crippen LogP contribution in [0.25, 0.3) is 0 Å². The zero-order valence-electron chi connectivity index (χ0n) is 9.52. The van der Waals surface area contributed by atoms with Crippen LogP contribution in [0, 0.1) is 0 Å². The van der Waals surface area contributed by atoms with E-state index >= 15 is 0 Å². The van der Waals surface area contributed by atoms with Gasteiger partial charge in [-0.15, -0.1) is 0 Å². The number of nitrogens with two attached hydrogens (primary N) is 1. The van der Waals surface area contributed by atoms with Gasteiger partial charge < -0.3 is 15.6 Å². The van der Waals surface area contributed by atoms with Crippen molar-refractivity contribution in [1.82, 2.24) is 9.55 Å². The van der Waals surface area contributed by atoms with Crippen molar-refractivity contribution in [2.45, 2.75) is 38.3 Å². The van der Waals surface area contributed by atoms with Crippen LogP contribution in [0.15, 0.2) is 17.2 Å². The van der Waals surface area contributed by atoms with Crippen LogP contribution in [0.1, 0.15) is 32.2 Å². The van der Waals surface area contributed by atoms with Gasteiger partial charge >= 0.3 is 0 Å². The zero-order chi connectivity index (χ0) is 11.5. The smallest absolute Gasteiger partial charge is 0.293 e. The monoisotopic (exact) mass is 222 g/mol. The Balaban J connectivity index is 2.20. The van der Waals surface area contributed by atoms with Gasteiger partial charge in [-0.1, -0.05) is 6.92 Å². The van der Waals surface area contributed by atoms with E-state index in [9.17, 15) is 4.79 Å². The van der Waals surface area contributed by atoms with Gasteiger partial charge in [-0.05, 0) is 19.3 Å². The van der Waals surface area contributed by atoms with E-state index in [-0.39, 0.29) is 11.6 Å². The molecule has 0 aliphatic heterocycles. The van der Waals surface area contributed by atoms with E-state index in [0.717, 1.165) is 19.3 Å². The first-order valence-electron chi connectivity index (χ1n) is 5.80. The fourth-order valence-electron chi connectivity index (χ4n) is 1.69. The van der Waals surface area contributed by atoms with E-state index in [1.807, 2.05) is 6.92 Å². The molecule has 1 heterocycles. The SMILES string of the molecule is CCC(CN)Nc1nccn(C2CC2)c1=O. The van der Waals surface area contributed by atoms with Gasteiger partial charge in [-0.2, -0.15) is 0 Å². The Hall–Kier alpha value is -1.36. The number of hydrogen-bond acceptors (Lipinski definition) is 4. The molecule has 0 saturated heterocycles. The highest BCUT2D eigenvalue weighted by atomic mass is 16.1. The predicted octanol–water partition coefficient (Wildman–Crippen LogP) is 0.727. The third-order valence-electron chi connectivity index (χ3n) is 2.93. The molecule has 5 heteroatoms. The minimum absolute atomic E-state index is 0.0306. The molecule has 88 valence electrons. The maximum absolute atomic E-state index is 12.0. The first-order valence-corrected chi connectivity index (χ1v) is 5.80. The van der Waals surface area contributed by atoms with Crippen LogP contribution in [0.2, 0.25) is 0 Å². The molecule has 0 bridgehead atoms. The summed E-state index contributed by atoms with van der Waals surface area (Å²) >= 11 is 0. The highest BCUT2D eigenvalue weighted by Crippen LogP contribution is 2.33. The topological polar surface area (TPSA) is 72.9 Å². The number of hydrogen-bond donors (Lipinski definition) is 2. The quantitative estimate of drug-likeness (QED) is 0.770. The summed E-state index contributed by atoms with van der Waals surface area (Å²) in [6.45, 7) is 2.54. The van der Waals surface area contributed by atoms with Gasteiger partial charge in [0.05, 0.1) is 0 Å². The molecule has 0 amide bonds. The van der Waals surface area contributed by atoms with Crippen LogP contribution in [0.3, 0.4) is 0 Å². The summed E-state index contributed by atoms with van der Waals surface area (Å²) in [7, 11) is 0. The Kier molecular flexibility index (Phi) is 3.24. The highest BCUT2D eigenvalue weighted by molar-refractivity contribution is 5.32. The van der Waals surface area contributed by atoms with Crippen LogP contribution in [0.5, 0.6) is 0 Å². The molecule has 16 heavy (non-hydrogen) atoms. The second-order valence-electron chi connectivity index (χ2n) is 4.20. The molecule has 0 spiro atoms. The van der Waals surface area contributed by atoms with Gasteiger partial charge in [-0.3, -0.25) is 4.79 Å². The Morgan fingerprint density at radius 1 is 1.69 bits per heavy atom. The summed E-state index contributed by atoms with van der Waals surface area (Å²) in [6.07, 6.45) is 6.50. The van der Waals surface area contributed by atoms with Crippen LogP contribution < -0.4 is 16.6 Å². The highest BCUT2D eigenvalue weighted by Gasteiger charge is 2.25. The van der Waals surface area contributed by atoms with Crippen molar-refractivity contribution in [3.05, 3.63) is 22.7 Å². The molecule has 5 nitrogen and oxygen atoms in total. The molecule has 1 atom stereocenters. The van der Waals surface area contributed by atoms with Crippen LogP contribution in [0.4, 0.5) is 5.82 Å². The lowest BCUT2D eigenvalue weighted by Gasteiger charge is -2.15. The van der Waals surface area contributed by atoms with E-state index in [0.29, 0.717) is 18.4 Å². The third-order valence-corrected chi connectivity index (χ3v) is 2.93. The summed E-state index contributed by atoms with van der Waals surface area (Å²) < 4.78 is 1.76. The molecule has 1 unspecified atom stereocenters. The minimum Gasteiger partial charge on any atom is -0.361 e. The van der Waals surface area contributed by atoms with Gasteiger partial charge in [0.25, 0.3) is 5.56 Å². The molecule has 0 radical (unpaired) electrons. The Morgan fingerprint density at radius 2 is 2.44 bits per heavy atom. The summed E-state index contributed by atoms with van der Waals surface area (Å²) in [5, 5.41) is 3.10. The van der Waals surface area contributed by atoms with Gasteiger partial charge in [0.1, 0.15) is 0 Å². The summed E-state index contributed by atoms with van der Waals surface area (Å²) in [5.41, 5.74) is 5.56. The summed E-state index contributed by atoms with van der Waals surface area (Å²) in [4.78, 5) is 16.1. The summed E-state index contributed by atoms with van der Waals surface area (Å²) in [6, 6.07) is 0.504. The molecular formula is C11H18N4O. The van der Waals surface area contributed by atoms with Crippen molar-refractivity contribution >= 4 is 5.82 Å². The van der Waals surface area contributed by atoms with Gasteiger partial charge in [-0.25, -0.2) is 4.98 Å². The maximum atomic E-state index is 12.0. The number of rotatable bonds is 5. The van der Waals surface area contributed by atoms with E-state index in [1.54, 1.807) is 17.0 Å². The fourth-order valence-corrected chi connectivity index (χ4v) is 1.69. The van der Waals surface area contributed by atoms with Gasteiger partial charge in [0.15, 0.2) is 5.82 Å². The largest absolute Gasteiger partial charge is 0.361 e. The molecule has 0 aromatic carbocycles. The number of nitrogens with zero attached hydrogens (tertiary/aromatic N) is 2. The molecule has 1 aromatic rings. The summed E-state index contributed by atoms with van der Waals surface area (Å²) in [5.74, 6) is 0.423. The zero-order valence-corrected chi connectivity index (χ0v) is 9.52. The van der Waals surface area contributed by atoms with Gasteiger partial charge in [0, 0.05) is 31.0 Å². The Bertz CT molecular complexity index is 407. The predicted molar refractivity (Wildman–Crippen MR) is 63.5 cm³/mol. The molecule has 1 aliphatic rings. The van der Waals surface area contributed by atoms with Gasteiger partial charge in [0.2, 0.25) is 0 Å². The molecule has 1 aliphatic carbocycles. The molecule has 1 aromatic heterocycles. The van der Waals surface area contributed by atoms with Crippen LogP contribution in [-0.4, -0.2) is 22.1 Å². The number of aromatic nitrogens is 2. The van der Waals surface area contributed by atoms with E-state index < -0.39 is 0 Å². The number of nitrogens with one attached hydrogen (secondary N) is 1. The standard InChI is InChI=1S/C11H18N4O/c1-2-8(7-12)14-10-11(16)15(6-5-13-10)9-3-4-9/h5-6,8-9H,2-4,7,12H2,1H3,(H,13,14). The fraction of sp³-hybridized carbons (Fsp3) is 0.636. The van der Waals surface area contributed by atoms with Crippen molar-refractivity contribution in [3.8, 4) is 0 Å². The van der Waals surface area contributed by atoms with Crippen molar-refractivity contribution in [2.24, 2.45) is 5.73 Å². The lowest BCUT2D eigenvalue weighted by molar-refractivity contribution is 0.674. The van der Waals surface area contributed by atoms with Crippen molar-refractivity contribution in [3.63, 3.8) is 0 Å². The van der Waals surface area contributed by atoms with Crippen molar-refractivity contribution in [2.75, 3.05) is 11.9 Å². The van der Waals surface area contributed by atoms with Crippen molar-refractivity contribution < 1.29 is 0 Å². The molecule has 2 rings (SSSR count). The van der Waals surface area contributed by atoms with Crippen molar-refractivity contribution in [1.29, 1.82) is 0 Å². The normalized spacial score (nSPS) is 17.1. The van der Waals surface area contributed by atoms with Crippen LogP contribution in [-0.2, 0) is 0 Å². The second-order valence-corrected chi connectivity index (χ2v) is 4.20. The lowest BCUT2D eigenvalue weighted by atomic mass is 10.2. The Labute approximate surface area is 94.7 Å². The second kappa shape index (κ2) is 4.65. The molecule has 1 fully saturated rings. The molecule has 1 saturated carbocycles. The molecular weight excluding hydrogens is 204 g/mol. The van der Waals surface area contributed by atoms with E-state index in [4.69, 9.17) is 5.73 Å². The molecule has 3 N–H and O–H groups in total. The first kappa shape index (κ1) is 11.1. The maximum Gasteiger partial charge on any atom is 0.293 e. The number of anilines is 1. The Morgan fingerprint density at radius 3 is 3.00 bits per heavy atom. The first-order chi connectivity index (χ1) is 7.76. The lowest BCUT2D eigenvalue weighted by Crippen LogP contribution is -2.33. The minimum atomic E-state index is -0.0306. The average molecular weight is 222 g/mol. The van der Waals surface area contributed by atoms with E-state index in [1.165, 1.54) is 0 Å². The van der Waals surface area contributed by atoms with E-state index in [2.05, 4.69) is 10.3 Å². The third kappa shape index (κ3) is 2.24. The van der Waals surface area contributed by atoms with Crippen LogP contribution >= 0.6 is 0 Å².